The fourth-order valence-corrected chi connectivity index (χ4v) is 3.57. The summed E-state index contributed by atoms with van der Waals surface area (Å²) >= 11 is 7.91. The molecule has 4 N–H and O–H groups in total. The molecule has 0 unspecified atom stereocenters. The van der Waals surface area contributed by atoms with Crippen LogP contribution in [-0.4, -0.2) is 24.2 Å². The molecule has 0 saturated carbocycles. The van der Waals surface area contributed by atoms with Crippen LogP contribution in [0.5, 0.6) is 0 Å². The van der Waals surface area contributed by atoms with Crippen LogP contribution in [0.1, 0.15) is 24.4 Å². The number of hydrogen-bond donors (Lipinski definition) is 3. The molecular weight excluding hydrogens is 370 g/mol. The minimum atomic E-state index is -0.693. The van der Waals surface area contributed by atoms with E-state index in [2.05, 4.69) is 22.8 Å². The average molecular weight is 392 g/mol. The number of carbonyl (C=O) groups excluding carboxylic acids is 2. The Morgan fingerprint density at radius 2 is 1.77 bits per heavy atom. The Kier molecular flexibility index (Phi) is 8.31. The third kappa shape index (κ3) is 6.98. The topological polar surface area (TPSA) is 84.2 Å². The van der Waals surface area contributed by atoms with E-state index < -0.39 is 12.1 Å². The molecule has 0 spiro atoms. The standard InChI is InChI=1S/C19H22ClN3O2S/c20-16-10-5-4-9-15(16)17(23-19(21)25)13-18(24)22-11-6-12-26-14-7-2-1-3-8-14/h1-5,7-10,17H,6,11-13H2,(H,22,24)(H3,21,23,25)/t17-/m0/s1. The molecule has 2 aromatic carbocycles. The molecule has 1 atom stereocenters. The van der Waals surface area contributed by atoms with Crippen molar-refractivity contribution in [2.75, 3.05) is 12.3 Å². The van der Waals surface area contributed by atoms with Gasteiger partial charge in [0.15, 0.2) is 0 Å². The Balaban J connectivity index is 1.78. The lowest BCUT2D eigenvalue weighted by atomic mass is 10.0. The van der Waals surface area contributed by atoms with E-state index in [1.807, 2.05) is 18.2 Å². The van der Waals surface area contributed by atoms with Crippen LogP contribution in [0.2, 0.25) is 5.02 Å². The van der Waals surface area contributed by atoms with Crippen molar-refractivity contribution in [3.8, 4) is 0 Å². The van der Waals surface area contributed by atoms with Gasteiger partial charge in [-0.25, -0.2) is 4.79 Å². The molecule has 0 fully saturated rings. The molecule has 0 aliphatic heterocycles. The molecule has 0 bridgehead atoms. The Hall–Kier alpha value is -2.18. The normalized spacial score (nSPS) is 11.6. The summed E-state index contributed by atoms with van der Waals surface area (Å²) in [5, 5.41) is 5.94. The van der Waals surface area contributed by atoms with Crippen LogP contribution < -0.4 is 16.4 Å². The quantitative estimate of drug-likeness (QED) is 0.449. The Morgan fingerprint density at radius 3 is 2.46 bits per heavy atom. The Labute approximate surface area is 162 Å². The predicted octanol–water partition coefficient (Wildman–Crippen LogP) is 3.74. The lowest BCUT2D eigenvalue weighted by Crippen LogP contribution is -2.37. The average Bonchev–Trinajstić information content (AvgIpc) is 2.62. The van der Waals surface area contributed by atoms with E-state index in [4.69, 9.17) is 17.3 Å². The maximum absolute atomic E-state index is 12.2. The Bertz CT molecular complexity index is 728. The first-order valence-electron chi connectivity index (χ1n) is 8.31. The third-order valence-corrected chi connectivity index (χ3v) is 5.08. The molecule has 0 heterocycles. The predicted molar refractivity (Wildman–Crippen MR) is 106 cm³/mol. The highest BCUT2D eigenvalue weighted by atomic mass is 35.5. The van der Waals surface area contributed by atoms with E-state index in [9.17, 15) is 9.59 Å². The summed E-state index contributed by atoms with van der Waals surface area (Å²) < 4.78 is 0. The number of urea groups is 1. The van der Waals surface area contributed by atoms with Crippen molar-refractivity contribution in [3.05, 3.63) is 65.2 Å². The van der Waals surface area contributed by atoms with Gasteiger partial charge in [0.2, 0.25) is 5.91 Å². The molecule has 138 valence electrons. The molecule has 2 aromatic rings. The van der Waals surface area contributed by atoms with Gasteiger partial charge < -0.3 is 16.4 Å². The van der Waals surface area contributed by atoms with Crippen LogP contribution in [0.15, 0.2) is 59.5 Å². The van der Waals surface area contributed by atoms with Crippen LogP contribution >= 0.6 is 23.4 Å². The minimum Gasteiger partial charge on any atom is -0.356 e. The second-order valence-electron chi connectivity index (χ2n) is 5.65. The van der Waals surface area contributed by atoms with E-state index in [1.165, 1.54) is 4.90 Å². The first kappa shape index (κ1) is 20.1. The fourth-order valence-electron chi connectivity index (χ4n) is 2.43. The van der Waals surface area contributed by atoms with Crippen molar-refractivity contribution in [2.24, 2.45) is 5.73 Å². The van der Waals surface area contributed by atoms with Gasteiger partial charge in [-0.3, -0.25) is 4.79 Å². The molecule has 3 amide bonds. The number of amides is 3. The van der Waals surface area contributed by atoms with Crippen molar-refractivity contribution >= 4 is 35.3 Å². The van der Waals surface area contributed by atoms with Crippen LogP contribution in [-0.2, 0) is 4.79 Å². The molecule has 0 saturated heterocycles. The smallest absolute Gasteiger partial charge is 0.312 e. The zero-order valence-corrected chi connectivity index (χ0v) is 15.9. The highest BCUT2D eigenvalue weighted by molar-refractivity contribution is 7.99. The van der Waals surface area contributed by atoms with Gasteiger partial charge in [0.1, 0.15) is 0 Å². The summed E-state index contributed by atoms with van der Waals surface area (Å²) in [6.45, 7) is 0.574. The molecule has 2 rings (SSSR count). The van der Waals surface area contributed by atoms with Crippen LogP contribution in [0, 0.1) is 0 Å². The van der Waals surface area contributed by atoms with Crippen LogP contribution in [0.25, 0.3) is 0 Å². The molecule has 0 radical (unpaired) electrons. The highest BCUT2D eigenvalue weighted by Crippen LogP contribution is 2.25. The number of halogens is 1. The number of rotatable bonds is 9. The number of nitrogens with one attached hydrogen (secondary N) is 2. The van der Waals surface area contributed by atoms with Gasteiger partial charge in [0.05, 0.1) is 12.5 Å². The Morgan fingerprint density at radius 1 is 1.08 bits per heavy atom. The van der Waals surface area contributed by atoms with E-state index in [0.717, 1.165) is 12.2 Å². The summed E-state index contributed by atoms with van der Waals surface area (Å²) in [5.41, 5.74) is 5.89. The van der Waals surface area contributed by atoms with Gasteiger partial charge >= 0.3 is 6.03 Å². The fraction of sp³-hybridized carbons (Fsp3) is 0.263. The van der Waals surface area contributed by atoms with Gasteiger partial charge in [-0.15, -0.1) is 11.8 Å². The zero-order chi connectivity index (χ0) is 18.8. The second-order valence-corrected chi connectivity index (χ2v) is 7.23. The van der Waals surface area contributed by atoms with Crippen molar-refractivity contribution < 1.29 is 9.59 Å². The molecule has 7 heteroatoms. The summed E-state index contributed by atoms with van der Waals surface area (Å²) in [4.78, 5) is 24.7. The molecular formula is C19H22ClN3O2S. The van der Waals surface area contributed by atoms with Gasteiger partial charge in [-0.05, 0) is 35.9 Å². The van der Waals surface area contributed by atoms with Crippen molar-refractivity contribution in [1.29, 1.82) is 0 Å². The first-order valence-corrected chi connectivity index (χ1v) is 9.67. The van der Waals surface area contributed by atoms with E-state index in [-0.39, 0.29) is 12.3 Å². The van der Waals surface area contributed by atoms with Crippen LogP contribution in [0.3, 0.4) is 0 Å². The number of nitrogens with two attached hydrogens (primary N) is 1. The van der Waals surface area contributed by atoms with Gasteiger partial charge in [-0.1, -0.05) is 48.0 Å². The largest absolute Gasteiger partial charge is 0.356 e. The third-order valence-electron chi connectivity index (χ3n) is 3.64. The van der Waals surface area contributed by atoms with Crippen molar-refractivity contribution in [1.82, 2.24) is 10.6 Å². The monoisotopic (exact) mass is 391 g/mol. The molecule has 0 aliphatic rings. The maximum Gasteiger partial charge on any atom is 0.312 e. The number of thioether (sulfide) groups is 1. The summed E-state index contributed by atoms with van der Waals surface area (Å²) in [5.74, 6) is 0.756. The number of primary amides is 1. The lowest BCUT2D eigenvalue weighted by molar-refractivity contribution is -0.121. The molecule has 5 nitrogen and oxygen atoms in total. The zero-order valence-electron chi connectivity index (χ0n) is 14.3. The van der Waals surface area contributed by atoms with Crippen molar-refractivity contribution in [3.63, 3.8) is 0 Å². The van der Waals surface area contributed by atoms with E-state index in [1.54, 1.807) is 36.0 Å². The molecule has 26 heavy (non-hydrogen) atoms. The summed E-state index contributed by atoms with van der Waals surface area (Å²) in [6, 6.07) is 15.9. The lowest BCUT2D eigenvalue weighted by Gasteiger charge is -2.19. The van der Waals surface area contributed by atoms with Gasteiger partial charge in [-0.2, -0.15) is 0 Å². The number of carbonyl (C=O) groups is 2. The van der Waals surface area contributed by atoms with Gasteiger partial charge in [0, 0.05) is 16.5 Å². The molecule has 0 aromatic heterocycles. The van der Waals surface area contributed by atoms with E-state index in [0.29, 0.717) is 17.1 Å². The SMILES string of the molecule is NC(=O)N[C@@H](CC(=O)NCCCSc1ccccc1)c1ccccc1Cl. The molecule has 0 aliphatic carbocycles. The maximum atomic E-state index is 12.2. The second kappa shape index (κ2) is 10.7. The van der Waals surface area contributed by atoms with E-state index >= 15 is 0 Å². The number of benzene rings is 2. The summed E-state index contributed by atoms with van der Waals surface area (Å²) in [6.07, 6.45) is 0.934. The minimum absolute atomic E-state index is 0.0818. The number of hydrogen-bond acceptors (Lipinski definition) is 3. The van der Waals surface area contributed by atoms with Crippen molar-refractivity contribution in [2.45, 2.75) is 23.8 Å². The first-order chi connectivity index (χ1) is 12.6. The van der Waals surface area contributed by atoms with Crippen LogP contribution in [0.4, 0.5) is 4.79 Å². The van der Waals surface area contributed by atoms with Gasteiger partial charge in [0.25, 0.3) is 0 Å². The highest BCUT2D eigenvalue weighted by Gasteiger charge is 2.19. The summed E-state index contributed by atoms with van der Waals surface area (Å²) in [7, 11) is 0.